The van der Waals surface area contributed by atoms with Crippen LogP contribution in [-0.2, 0) is 13.1 Å². The summed E-state index contributed by atoms with van der Waals surface area (Å²) in [6.07, 6.45) is 0. The Morgan fingerprint density at radius 2 is 1.14 bits per heavy atom. The van der Waals surface area contributed by atoms with Gasteiger partial charge in [-0.1, -0.05) is 42.0 Å². The summed E-state index contributed by atoms with van der Waals surface area (Å²) in [5.74, 6) is -0.160. The van der Waals surface area contributed by atoms with Gasteiger partial charge in [0.05, 0.1) is 0 Å². The molecule has 0 aliphatic carbocycles. The Morgan fingerprint density at radius 3 is 1.59 bits per heavy atom. The number of rotatable bonds is 4. The molecule has 2 aromatic rings. The van der Waals surface area contributed by atoms with Crippen molar-refractivity contribution in [1.29, 1.82) is 0 Å². The Labute approximate surface area is 132 Å². The molecule has 1 aliphatic rings. The van der Waals surface area contributed by atoms with E-state index in [2.05, 4.69) is 41.0 Å². The topological polar surface area (TPSA) is 6.48 Å². The van der Waals surface area contributed by atoms with E-state index < -0.39 is 0 Å². The highest BCUT2D eigenvalue weighted by Gasteiger charge is 2.17. The van der Waals surface area contributed by atoms with Gasteiger partial charge in [0.25, 0.3) is 0 Å². The van der Waals surface area contributed by atoms with Crippen molar-refractivity contribution in [2.45, 2.75) is 20.0 Å². The van der Waals surface area contributed by atoms with E-state index in [0.29, 0.717) is 0 Å². The largest absolute Gasteiger partial charge is 0.297 e. The highest BCUT2D eigenvalue weighted by atomic mass is 19.1. The van der Waals surface area contributed by atoms with Gasteiger partial charge in [0.1, 0.15) is 5.82 Å². The van der Waals surface area contributed by atoms with E-state index in [-0.39, 0.29) is 5.82 Å². The molecule has 0 amide bonds. The molecule has 3 rings (SSSR count). The summed E-state index contributed by atoms with van der Waals surface area (Å²) >= 11 is 0. The van der Waals surface area contributed by atoms with Gasteiger partial charge in [0.2, 0.25) is 0 Å². The molecule has 0 unspecified atom stereocenters. The molecule has 1 saturated heterocycles. The van der Waals surface area contributed by atoms with Gasteiger partial charge in [-0.25, -0.2) is 4.39 Å². The van der Waals surface area contributed by atoms with Crippen LogP contribution in [0, 0.1) is 12.7 Å². The van der Waals surface area contributed by atoms with Crippen LogP contribution < -0.4 is 0 Å². The number of nitrogens with zero attached hydrogens (tertiary/aromatic N) is 2. The minimum atomic E-state index is -0.160. The second-order valence-corrected chi connectivity index (χ2v) is 6.16. The van der Waals surface area contributed by atoms with Crippen LogP contribution in [0.5, 0.6) is 0 Å². The van der Waals surface area contributed by atoms with E-state index in [1.54, 1.807) is 12.1 Å². The maximum absolute atomic E-state index is 12.9. The number of hydrogen-bond acceptors (Lipinski definition) is 2. The first-order valence-electron chi connectivity index (χ1n) is 7.94. The number of benzene rings is 2. The molecule has 2 nitrogen and oxygen atoms in total. The van der Waals surface area contributed by atoms with Crippen LogP contribution in [-0.4, -0.2) is 36.0 Å². The van der Waals surface area contributed by atoms with Crippen molar-refractivity contribution in [2.24, 2.45) is 0 Å². The fourth-order valence-electron chi connectivity index (χ4n) is 2.91. The van der Waals surface area contributed by atoms with Crippen LogP contribution in [0.25, 0.3) is 0 Å². The molecule has 2 aromatic carbocycles. The Bertz CT molecular complexity index is 528. The molecule has 3 heteroatoms. The number of halogens is 1. The lowest BCUT2D eigenvalue weighted by Gasteiger charge is -2.34. The van der Waals surface area contributed by atoms with Crippen molar-refractivity contribution in [3.05, 3.63) is 71.0 Å². The number of aryl methyl sites for hydroxylation is 1. The summed E-state index contributed by atoms with van der Waals surface area (Å²) in [6.45, 7) is 8.40. The van der Waals surface area contributed by atoms with Crippen LogP contribution in [0.15, 0.2) is 48.5 Å². The Kier molecular flexibility index (Phi) is 4.86. The lowest BCUT2D eigenvalue weighted by atomic mass is 10.1. The third-order valence-corrected chi connectivity index (χ3v) is 4.31. The predicted octanol–water partition coefficient (Wildman–Crippen LogP) is 3.45. The van der Waals surface area contributed by atoms with Crippen molar-refractivity contribution in [3.63, 3.8) is 0 Å². The quantitative estimate of drug-likeness (QED) is 0.853. The van der Waals surface area contributed by atoms with Crippen LogP contribution in [0.2, 0.25) is 0 Å². The average molecular weight is 298 g/mol. The molecule has 0 spiro atoms. The second kappa shape index (κ2) is 7.03. The van der Waals surface area contributed by atoms with E-state index >= 15 is 0 Å². The van der Waals surface area contributed by atoms with Gasteiger partial charge in [0.15, 0.2) is 0 Å². The van der Waals surface area contributed by atoms with E-state index in [0.717, 1.165) is 39.3 Å². The summed E-state index contributed by atoms with van der Waals surface area (Å²) in [7, 11) is 0. The molecular weight excluding hydrogens is 275 g/mol. The van der Waals surface area contributed by atoms with Gasteiger partial charge in [-0.3, -0.25) is 9.80 Å². The van der Waals surface area contributed by atoms with Crippen LogP contribution in [0.4, 0.5) is 4.39 Å². The third-order valence-electron chi connectivity index (χ3n) is 4.31. The average Bonchev–Trinajstić information content (AvgIpc) is 2.54. The SMILES string of the molecule is Cc1ccc(CN2CCN(Cc3ccc(F)cc3)CC2)cc1. The van der Waals surface area contributed by atoms with Crippen LogP contribution in [0.3, 0.4) is 0 Å². The molecule has 116 valence electrons. The first-order valence-corrected chi connectivity index (χ1v) is 7.94. The highest BCUT2D eigenvalue weighted by molar-refractivity contribution is 5.21. The van der Waals surface area contributed by atoms with Crippen molar-refractivity contribution in [3.8, 4) is 0 Å². The standard InChI is InChI=1S/C19H23FN2/c1-16-2-4-17(5-3-16)14-21-10-12-22(13-11-21)15-18-6-8-19(20)9-7-18/h2-9H,10-15H2,1H3. The molecule has 0 aromatic heterocycles. The summed E-state index contributed by atoms with van der Waals surface area (Å²) in [5, 5.41) is 0. The van der Waals surface area contributed by atoms with Gasteiger partial charge >= 0.3 is 0 Å². The van der Waals surface area contributed by atoms with Crippen LogP contribution >= 0.6 is 0 Å². The smallest absolute Gasteiger partial charge is 0.123 e. The molecule has 1 heterocycles. The van der Waals surface area contributed by atoms with E-state index in [4.69, 9.17) is 0 Å². The Morgan fingerprint density at radius 1 is 0.727 bits per heavy atom. The van der Waals surface area contributed by atoms with Crippen molar-refractivity contribution >= 4 is 0 Å². The normalized spacial score (nSPS) is 16.8. The van der Waals surface area contributed by atoms with E-state index in [9.17, 15) is 4.39 Å². The molecule has 1 aliphatic heterocycles. The van der Waals surface area contributed by atoms with Crippen molar-refractivity contribution < 1.29 is 4.39 Å². The van der Waals surface area contributed by atoms with Crippen molar-refractivity contribution in [2.75, 3.05) is 26.2 Å². The van der Waals surface area contributed by atoms with Gasteiger partial charge in [-0.15, -0.1) is 0 Å². The van der Waals surface area contributed by atoms with E-state index in [1.165, 1.54) is 16.7 Å². The lowest BCUT2D eigenvalue weighted by molar-refractivity contribution is 0.122. The van der Waals surface area contributed by atoms with Gasteiger partial charge in [-0.05, 0) is 30.2 Å². The first-order chi connectivity index (χ1) is 10.7. The second-order valence-electron chi connectivity index (χ2n) is 6.16. The highest BCUT2D eigenvalue weighted by Crippen LogP contribution is 2.12. The van der Waals surface area contributed by atoms with Gasteiger partial charge in [0, 0.05) is 39.3 Å². The molecule has 0 atom stereocenters. The minimum Gasteiger partial charge on any atom is -0.297 e. The zero-order valence-electron chi connectivity index (χ0n) is 13.1. The zero-order valence-corrected chi connectivity index (χ0v) is 13.1. The lowest BCUT2D eigenvalue weighted by Crippen LogP contribution is -2.45. The first kappa shape index (κ1) is 15.2. The molecule has 0 bridgehead atoms. The fraction of sp³-hybridized carbons (Fsp3) is 0.368. The summed E-state index contributed by atoms with van der Waals surface area (Å²) < 4.78 is 12.9. The maximum Gasteiger partial charge on any atom is 0.123 e. The molecule has 22 heavy (non-hydrogen) atoms. The van der Waals surface area contributed by atoms with Gasteiger partial charge in [-0.2, -0.15) is 0 Å². The molecular formula is C19H23FN2. The Hall–Kier alpha value is -1.71. The molecule has 0 radical (unpaired) electrons. The molecule has 1 fully saturated rings. The van der Waals surface area contributed by atoms with Gasteiger partial charge < -0.3 is 0 Å². The van der Waals surface area contributed by atoms with Crippen LogP contribution in [0.1, 0.15) is 16.7 Å². The number of piperazine rings is 1. The minimum absolute atomic E-state index is 0.160. The van der Waals surface area contributed by atoms with Crippen molar-refractivity contribution in [1.82, 2.24) is 9.80 Å². The van der Waals surface area contributed by atoms with E-state index in [1.807, 2.05) is 12.1 Å². The Balaban J connectivity index is 1.47. The third kappa shape index (κ3) is 4.15. The predicted molar refractivity (Wildman–Crippen MR) is 88.1 cm³/mol. The molecule has 0 N–H and O–H groups in total. The summed E-state index contributed by atoms with van der Waals surface area (Å²) in [5.41, 5.74) is 3.89. The fourth-order valence-corrected chi connectivity index (χ4v) is 2.91. The summed E-state index contributed by atoms with van der Waals surface area (Å²) in [4.78, 5) is 4.95. The number of hydrogen-bond donors (Lipinski definition) is 0. The monoisotopic (exact) mass is 298 g/mol. The maximum atomic E-state index is 12.9. The zero-order chi connectivity index (χ0) is 15.4. The molecule has 0 saturated carbocycles. The summed E-state index contributed by atoms with van der Waals surface area (Å²) in [6, 6.07) is 15.7.